The second-order valence-electron chi connectivity index (χ2n) is 12.6. The molecule has 0 atom stereocenters. The normalized spacial score (nSPS) is 13.3. The summed E-state index contributed by atoms with van der Waals surface area (Å²) in [5.74, 6) is 0. The zero-order chi connectivity index (χ0) is 28.7. The Balaban J connectivity index is 1.63. The van der Waals surface area contributed by atoms with Gasteiger partial charge in [-0.15, -0.1) is 34.0 Å². The summed E-state index contributed by atoms with van der Waals surface area (Å²) >= 11 is 5.72. The van der Waals surface area contributed by atoms with Crippen LogP contribution >= 0.6 is 34.0 Å². The minimum Gasteiger partial charge on any atom is -0.143 e. The second kappa shape index (κ2) is 7.35. The maximum absolute atomic E-state index is 2.39. The molecule has 0 saturated heterocycles. The van der Waals surface area contributed by atoms with Gasteiger partial charge in [0.1, 0.15) is 0 Å². The summed E-state index contributed by atoms with van der Waals surface area (Å²) < 4.78 is 4.24. The Morgan fingerprint density at radius 1 is 0.222 bits per heavy atom. The summed E-state index contributed by atoms with van der Waals surface area (Å²) in [6.07, 6.45) is 0. The van der Waals surface area contributed by atoms with Crippen molar-refractivity contribution in [3.05, 3.63) is 107 Å². The molecule has 13 aromatic rings. The number of fused-ring (bicyclic) bond motifs is 18. The molecule has 45 heavy (non-hydrogen) atoms. The number of benzene rings is 10. The maximum Gasteiger partial charge on any atom is 0.0434 e. The van der Waals surface area contributed by atoms with Crippen molar-refractivity contribution in [3.8, 4) is 0 Å². The lowest BCUT2D eigenvalue weighted by Gasteiger charge is -2.26. The second-order valence-corrected chi connectivity index (χ2v) is 15.4. The van der Waals surface area contributed by atoms with Gasteiger partial charge in [0, 0.05) is 78.7 Å². The lowest BCUT2D eigenvalue weighted by molar-refractivity contribution is 1.83. The highest BCUT2D eigenvalue weighted by atomic mass is 32.1. The molecule has 3 heteroatoms. The van der Waals surface area contributed by atoms with Crippen LogP contribution in [0.25, 0.3) is 127 Å². The molecule has 3 heterocycles. The Morgan fingerprint density at radius 2 is 0.467 bits per heavy atom. The number of rotatable bonds is 0. The molecule has 0 aliphatic heterocycles. The molecule has 204 valence electrons. The van der Waals surface area contributed by atoms with Crippen molar-refractivity contribution in [2.75, 3.05) is 0 Å². The molecule has 0 saturated carbocycles. The smallest absolute Gasteiger partial charge is 0.0434 e. The van der Waals surface area contributed by atoms with Crippen molar-refractivity contribution in [2.24, 2.45) is 0 Å². The van der Waals surface area contributed by atoms with Gasteiger partial charge in [0.05, 0.1) is 0 Å². The van der Waals surface area contributed by atoms with E-state index in [1.54, 1.807) is 0 Å². The van der Waals surface area contributed by atoms with Gasteiger partial charge in [-0.3, -0.25) is 0 Å². The summed E-state index contributed by atoms with van der Waals surface area (Å²) in [4.78, 5) is 0. The highest BCUT2D eigenvalue weighted by molar-refractivity contribution is 7.20. The molecule has 0 N–H and O–H groups in total. The van der Waals surface area contributed by atoms with Crippen molar-refractivity contribution in [3.63, 3.8) is 0 Å². The van der Waals surface area contributed by atoms with Crippen molar-refractivity contribution < 1.29 is 0 Å². The summed E-state index contributed by atoms with van der Waals surface area (Å²) in [6, 6.07) is 34.8. The van der Waals surface area contributed by atoms with Crippen molar-refractivity contribution in [1.82, 2.24) is 0 Å². The van der Waals surface area contributed by atoms with Crippen LogP contribution in [-0.4, -0.2) is 0 Å². The first kappa shape index (κ1) is 22.7. The van der Waals surface area contributed by atoms with E-state index < -0.39 is 0 Å². The number of thiophene rings is 3. The van der Waals surface area contributed by atoms with E-state index in [0.29, 0.717) is 0 Å². The topological polar surface area (TPSA) is 0 Å². The Morgan fingerprint density at radius 3 is 0.756 bits per heavy atom. The standard InChI is InChI=1S/C42H18S3/c1-4-10-22-19(7-1)28-25-13-16-43-40(25)32-23-11-5-2-8-20(23)30-27-15-18-45-42(27)33-24-12-6-3-9-21(24)29-26-14-17-44-41(26)31(22)37-34(28)38(32)36(30)39(33)35(29)37/h1-18H. The van der Waals surface area contributed by atoms with E-state index in [1.165, 1.54) is 127 Å². The van der Waals surface area contributed by atoms with Crippen LogP contribution in [-0.2, 0) is 0 Å². The third-order valence-corrected chi connectivity index (χ3v) is 13.7. The molecule has 0 bridgehead atoms. The molecule has 0 radical (unpaired) electrons. The van der Waals surface area contributed by atoms with Crippen LogP contribution in [0.3, 0.4) is 0 Å². The number of hydrogen-bond donors (Lipinski definition) is 0. The minimum absolute atomic E-state index is 1.37. The van der Waals surface area contributed by atoms with Crippen LogP contribution in [0.15, 0.2) is 107 Å². The lowest BCUT2D eigenvalue weighted by atomic mass is 9.76. The molecule has 0 spiro atoms. The van der Waals surface area contributed by atoms with E-state index in [2.05, 4.69) is 107 Å². The van der Waals surface area contributed by atoms with Gasteiger partial charge in [0.15, 0.2) is 0 Å². The van der Waals surface area contributed by atoms with Gasteiger partial charge in [-0.2, -0.15) is 0 Å². The van der Waals surface area contributed by atoms with Gasteiger partial charge in [-0.05, 0) is 82.8 Å². The van der Waals surface area contributed by atoms with Crippen LogP contribution in [0.1, 0.15) is 0 Å². The van der Waals surface area contributed by atoms with E-state index in [0.717, 1.165) is 0 Å². The molecule has 0 aliphatic carbocycles. The molecule has 13 rings (SSSR count). The molecule has 0 amide bonds. The molecular weight excluding hydrogens is 601 g/mol. The van der Waals surface area contributed by atoms with Gasteiger partial charge in [0.25, 0.3) is 0 Å². The van der Waals surface area contributed by atoms with E-state index in [1.807, 2.05) is 34.0 Å². The van der Waals surface area contributed by atoms with Gasteiger partial charge in [-0.25, -0.2) is 0 Å². The van der Waals surface area contributed by atoms with Crippen LogP contribution < -0.4 is 0 Å². The van der Waals surface area contributed by atoms with Crippen molar-refractivity contribution >= 4 is 161 Å². The maximum atomic E-state index is 2.39. The zero-order valence-corrected chi connectivity index (χ0v) is 26.1. The predicted molar refractivity (Wildman–Crippen MR) is 204 cm³/mol. The Labute approximate surface area is 266 Å². The predicted octanol–water partition coefficient (Wildman–Crippen LogP) is 14.0. The number of hydrogen-bond acceptors (Lipinski definition) is 3. The fourth-order valence-corrected chi connectivity index (χ4v) is 12.4. The van der Waals surface area contributed by atoms with Crippen LogP contribution in [0.2, 0.25) is 0 Å². The largest absolute Gasteiger partial charge is 0.143 e. The quantitative estimate of drug-likeness (QED) is 0.117. The van der Waals surface area contributed by atoms with Crippen molar-refractivity contribution in [1.29, 1.82) is 0 Å². The molecule has 3 aromatic heterocycles. The minimum atomic E-state index is 1.37. The molecule has 10 aromatic carbocycles. The first-order valence-electron chi connectivity index (χ1n) is 15.4. The Kier molecular flexibility index (Phi) is 3.70. The molecular formula is C42H18S3. The van der Waals surface area contributed by atoms with Gasteiger partial charge in [-0.1, -0.05) is 72.8 Å². The van der Waals surface area contributed by atoms with Gasteiger partial charge in [0.2, 0.25) is 0 Å². The van der Waals surface area contributed by atoms with E-state index in [-0.39, 0.29) is 0 Å². The van der Waals surface area contributed by atoms with Gasteiger partial charge < -0.3 is 0 Å². The summed E-state index contributed by atoms with van der Waals surface area (Å²) in [5.41, 5.74) is 0. The SMILES string of the molecule is c1ccc2c(c1)c1c3ccsc3c3c4ccccc4c4c5ccsc5c5c6ccccc6c6c7ccsc7c2c2c1c3c4c5c62. The first-order chi connectivity index (χ1) is 22.4. The molecule has 0 aliphatic rings. The highest BCUT2D eigenvalue weighted by Gasteiger charge is 2.30. The Hall–Kier alpha value is -4.80. The van der Waals surface area contributed by atoms with Crippen LogP contribution in [0.4, 0.5) is 0 Å². The third-order valence-electron chi connectivity index (χ3n) is 10.9. The van der Waals surface area contributed by atoms with Crippen LogP contribution in [0.5, 0.6) is 0 Å². The fraction of sp³-hybridized carbons (Fsp3) is 0. The monoisotopic (exact) mass is 618 g/mol. The summed E-state index contributed by atoms with van der Waals surface area (Å²) in [7, 11) is 0. The van der Waals surface area contributed by atoms with E-state index >= 15 is 0 Å². The van der Waals surface area contributed by atoms with Gasteiger partial charge >= 0.3 is 0 Å². The summed E-state index contributed by atoms with van der Waals surface area (Å²) in [5, 5.41) is 36.7. The summed E-state index contributed by atoms with van der Waals surface area (Å²) in [6.45, 7) is 0. The average Bonchev–Trinajstić information content (AvgIpc) is 3.88. The third kappa shape index (κ3) is 2.28. The molecule has 0 fully saturated rings. The highest BCUT2D eigenvalue weighted by Crippen LogP contribution is 2.60. The molecule has 0 nitrogen and oxygen atoms in total. The van der Waals surface area contributed by atoms with E-state index in [9.17, 15) is 0 Å². The van der Waals surface area contributed by atoms with Crippen LogP contribution in [0, 0.1) is 0 Å². The van der Waals surface area contributed by atoms with Crippen molar-refractivity contribution in [2.45, 2.75) is 0 Å². The fourth-order valence-electron chi connectivity index (χ4n) is 9.46. The Bertz CT molecular complexity index is 2810. The first-order valence-corrected chi connectivity index (χ1v) is 18.1. The average molecular weight is 619 g/mol. The van der Waals surface area contributed by atoms with E-state index in [4.69, 9.17) is 0 Å². The lowest BCUT2D eigenvalue weighted by Crippen LogP contribution is -1.97. The zero-order valence-electron chi connectivity index (χ0n) is 23.6. The molecule has 0 unspecified atom stereocenters.